The number of rotatable bonds is 5. The standard InChI is InChI=1S/C18H19N3O3S.C16H15N3O4/c1-3-25-18(23)15-16-14-5-4-8-20(14)17(22)12-9-11(24-2)6-7-13(12)21(16)10-19-15;1-23-9-4-5-11-10(7-9)15(20)18-6-2-3-12(18)14-13(16(21)22)17-8-19(11)14/h6-7,9-10,14H,3-5,8H2,1-2H3;4-5,7-8,12H,2-3,6H2,1H3,(H,21,22)/t14-;12-/m00/s1. The molecule has 248 valence electrons. The fraction of sp³-hybridized carbons (Fsp3) is 0.353. The van der Waals surface area contributed by atoms with Gasteiger partial charge in [0.15, 0.2) is 5.69 Å². The van der Waals surface area contributed by atoms with Gasteiger partial charge in [-0.2, -0.15) is 0 Å². The summed E-state index contributed by atoms with van der Waals surface area (Å²) >= 11 is 1.25. The van der Waals surface area contributed by atoms with Crippen molar-refractivity contribution in [3.63, 3.8) is 0 Å². The van der Waals surface area contributed by atoms with Crippen LogP contribution in [0.15, 0.2) is 49.1 Å². The van der Waals surface area contributed by atoms with Crippen LogP contribution >= 0.6 is 11.8 Å². The molecule has 4 aromatic rings. The number of carbonyl (C=O) groups is 4. The van der Waals surface area contributed by atoms with E-state index in [4.69, 9.17) is 9.47 Å². The minimum Gasteiger partial charge on any atom is -0.497 e. The first-order valence-corrected chi connectivity index (χ1v) is 16.8. The summed E-state index contributed by atoms with van der Waals surface area (Å²) in [6.07, 6.45) is 6.51. The highest BCUT2D eigenvalue weighted by Crippen LogP contribution is 2.42. The normalized spacial score (nSPS) is 18.6. The lowest BCUT2D eigenvalue weighted by Gasteiger charge is -2.22. The highest BCUT2D eigenvalue weighted by atomic mass is 32.2. The molecule has 0 spiro atoms. The lowest BCUT2D eigenvalue weighted by molar-refractivity contribution is 0.0673. The van der Waals surface area contributed by atoms with Gasteiger partial charge < -0.3 is 24.4 Å². The van der Waals surface area contributed by atoms with Crippen LogP contribution in [0.1, 0.15) is 97.8 Å². The Morgan fingerprint density at radius 1 is 0.812 bits per heavy atom. The first-order valence-electron chi connectivity index (χ1n) is 15.8. The summed E-state index contributed by atoms with van der Waals surface area (Å²) in [4.78, 5) is 62.2. The molecule has 2 amide bonds. The van der Waals surface area contributed by atoms with Crippen molar-refractivity contribution in [1.29, 1.82) is 0 Å². The summed E-state index contributed by atoms with van der Waals surface area (Å²) in [6, 6.07) is 10.3. The van der Waals surface area contributed by atoms with E-state index in [1.165, 1.54) is 18.1 Å². The molecule has 6 heterocycles. The van der Waals surface area contributed by atoms with Crippen LogP contribution in [-0.2, 0) is 0 Å². The molecule has 0 saturated carbocycles. The summed E-state index contributed by atoms with van der Waals surface area (Å²) in [6.45, 7) is 3.26. The zero-order chi connectivity index (χ0) is 33.7. The summed E-state index contributed by atoms with van der Waals surface area (Å²) in [5.41, 5.74) is 4.38. The van der Waals surface area contributed by atoms with Crippen LogP contribution < -0.4 is 9.47 Å². The number of aromatic nitrogens is 4. The van der Waals surface area contributed by atoms with Gasteiger partial charge >= 0.3 is 5.97 Å². The topological polar surface area (TPSA) is 149 Å². The number of carboxylic acid groups (broad SMARTS) is 1. The van der Waals surface area contributed by atoms with Crippen molar-refractivity contribution in [1.82, 2.24) is 28.9 Å². The van der Waals surface area contributed by atoms with Gasteiger partial charge in [-0.05, 0) is 67.8 Å². The van der Waals surface area contributed by atoms with E-state index in [1.807, 2.05) is 28.5 Å². The SMILES string of the molecule is CCSC(=O)c1ncn2c1[C@@H]1CCCN1C(=O)c1cc(OC)ccc1-2.COc1ccc2c(c1)C(=O)N1CCC[C@H]1c1c(C(=O)O)ncn1-2. The highest BCUT2D eigenvalue weighted by Gasteiger charge is 2.41. The summed E-state index contributed by atoms with van der Waals surface area (Å²) in [5, 5.41) is 9.40. The lowest BCUT2D eigenvalue weighted by atomic mass is 10.1. The van der Waals surface area contributed by atoms with E-state index >= 15 is 0 Å². The van der Waals surface area contributed by atoms with Crippen molar-refractivity contribution in [2.75, 3.05) is 33.1 Å². The molecule has 0 aliphatic carbocycles. The highest BCUT2D eigenvalue weighted by molar-refractivity contribution is 8.14. The second kappa shape index (κ2) is 12.5. The van der Waals surface area contributed by atoms with Gasteiger partial charge in [0.05, 0.1) is 60.2 Å². The molecule has 0 radical (unpaired) electrons. The van der Waals surface area contributed by atoms with Crippen molar-refractivity contribution < 1.29 is 33.8 Å². The van der Waals surface area contributed by atoms with Gasteiger partial charge in [0.25, 0.3) is 11.8 Å². The summed E-state index contributed by atoms with van der Waals surface area (Å²) in [5.74, 6) is 0.754. The quantitative estimate of drug-likeness (QED) is 0.310. The molecule has 2 aromatic heterocycles. The van der Waals surface area contributed by atoms with E-state index < -0.39 is 5.97 Å². The number of fused-ring (bicyclic) bond motifs is 10. The van der Waals surface area contributed by atoms with Crippen molar-refractivity contribution in [3.05, 3.63) is 83.0 Å². The number of benzene rings is 2. The first-order chi connectivity index (χ1) is 23.3. The molecule has 2 fully saturated rings. The number of methoxy groups -OCH3 is 2. The fourth-order valence-corrected chi connectivity index (χ4v) is 7.76. The number of hydrogen-bond donors (Lipinski definition) is 1. The van der Waals surface area contributed by atoms with Gasteiger partial charge in [-0.15, -0.1) is 0 Å². The molecule has 2 atom stereocenters. The lowest BCUT2D eigenvalue weighted by Crippen LogP contribution is -2.30. The molecule has 0 unspecified atom stereocenters. The molecule has 8 rings (SSSR count). The predicted octanol–water partition coefficient (Wildman–Crippen LogP) is 4.93. The summed E-state index contributed by atoms with van der Waals surface area (Å²) in [7, 11) is 3.13. The van der Waals surface area contributed by atoms with E-state index in [1.54, 1.807) is 54.3 Å². The van der Waals surface area contributed by atoms with Gasteiger partial charge in [-0.3, -0.25) is 23.5 Å². The number of imidazole rings is 2. The Morgan fingerprint density at radius 2 is 1.29 bits per heavy atom. The third-order valence-electron chi connectivity index (χ3n) is 9.33. The van der Waals surface area contributed by atoms with E-state index in [2.05, 4.69) is 9.97 Å². The maximum Gasteiger partial charge on any atom is 0.356 e. The Balaban J connectivity index is 0.000000152. The van der Waals surface area contributed by atoms with E-state index in [9.17, 15) is 24.3 Å². The molecule has 0 bridgehead atoms. The number of nitrogens with zero attached hydrogens (tertiary/aromatic N) is 6. The van der Waals surface area contributed by atoms with Crippen molar-refractivity contribution in [2.24, 2.45) is 0 Å². The Kier molecular flexibility index (Phi) is 8.19. The second-order valence-corrected chi connectivity index (χ2v) is 13.0. The molecule has 2 saturated heterocycles. The van der Waals surface area contributed by atoms with Crippen LogP contribution in [0.4, 0.5) is 0 Å². The van der Waals surface area contributed by atoms with Gasteiger partial charge in [-0.1, -0.05) is 18.7 Å². The van der Waals surface area contributed by atoms with Crippen LogP contribution in [0.2, 0.25) is 0 Å². The molecule has 14 heteroatoms. The zero-order valence-electron chi connectivity index (χ0n) is 26.7. The maximum absolute atomic E-state index is 13.1. The van der Waals surface area contributed by atoms with Crippen LogP contribution in [0.25, 0.3) is 11.4 Å². The third kappa shape index (κ3) is 5.02. The maximum atomic E-state index is 13.1. The molecular weight excluding hydrogens is 636 g/mol. The molecule has 13 nitrogen and oxygen atoms in total. The molecule has 48 heavy (non-hydrogen) atoms. The van der Waals surface area contributed by atoms with E-state index in [-0.39, 0.29) is 34.7 Å². The minimum atomic E-state index is -1.07. The van der Waals surface area contributed by atoms with Gasteiger partial charge in [0, 0.05) is 13.1 Å². The zero-order valence-corrected chi connectivity index (χ0v) is 27.5. The van der Waals surface area contributed by atoms with Crippen LogP contribution in [-0.4, -0.2) is 90.0 Å². The second-order valence-electron chi connectivity index (χ2n) is 11.8. The molecule has 1 N–H and O–H groups in total. The largest absolute Gasteiger partial charge is 0.497 e. The Labute approximate surface area is 280 Å². The Hall–Kier alpha value is -5.11. The average molecular weight is 671 g/mol. The smallest absolute Gasteiger partial charge is 0.356 e. The van der Waals surface area contributed by atoms with E-state index in [0.717, 1.165) is 37.1 Å². The van der Waals surface area contributed by atoms with Gasteiger partial charge in [-0.25, -0.2) is 14.8 Å². The Bertz CT molecular complexity index is 1970. The van der Waals surface area contributed by atoms with Crippen LogP contribution in [0, 0.1) is 0 Å². The number of carboxylic acids is 1. The molecule has 4 aliphatic rings. The van der Waals surface area contributed by atoms with Crippen molar-refractivity contribution in [2.45, 2.75) is 44.7 Å². The number of thioether (sulfide) groups is 1. The monoisotopic (exact) mass is 670 g/mol. The third-order valence-corrected chi connectivity index (χ3v) is 10.1. The Morgan fingerprint density at radius 3 is 1.75 bits per heavy atom. The predicted molar refractivity (Wildman–Crippen MR) is 176 cm³/mol. The van der Waals surface area contributed by atoms with Crippen LogP contribution in [0.3, 0.4) is 0 Å². The van der Waals surface area contributed by atoms with Gasteiger partial charge in [0.2, 0.25) is 5.12 Å². The van der Waals surface area contributed by atoms with E-state index in [0.29, 0.717) is 58.5 Å². The number of carbonyl (C=O) groups excluding carboxylic acids is 3. The number of ether oxygens (including phenoxy) is 2. The van der Waals surface area contributed by atoms with Gasteiger partial charge in [0.1, 0.15) is 29.8 Å². The van der Waals surface area contributed by atoms with Crippen molar-refractivity contribution in [3.8, 4) is 22.9 Å². The molecule has 4 aliphatic heterocycles. The first kappa shape index (κ1) is 31.5. The number of aromatic carboxylic acids is 1. The van der Waals surface area contributed by atoms with Crippen molar-refractivity contribution >= 4 is 34.7 Å². The van der Waals surface area contributed by atoms with Crippen LogP contribution in [0.5, 0.6) is 11.5 Å². The average Bonchev–Trinajstić information content (AvgIpc) is 3.91. The number of hydrogen-bond acceptors (Lipinski definition) is 9. The molecule has 2 aromatic carbocycles. The fourth-order valence-electron chi connectivity index (χ4n) is 7.20. The number of amides is 2. The summed E-state index contributed by atoms with van der Waals surface area (Å²) < 4.78 is 14.2. The molecular formula is C34H34N6O7S. The minimum absolute atomic E-state index is 0.0124.